The van der Waals surface area contributed by atoms with E-state index in [1.54, 1.807) is 0 Å². The Kier molecular flexibility index (Phi) is 6.81. The molecule has 5 heteroatoms. The van der Waals surface area contributed by atoms with Crippen molar-refractivity contribution in [1.82, 2.24) is 15.0 Å². The van der Waals surface area contributed by atoms with Crippen molar-refractivity contribution in [2.75, 3.05) is 10.2 Å². The second kappa shape index (κ2) is 11.5. The molecule has 0 saturated carbocycles. The number of hydrogen-bond acceptors (Lipinski definition) is 5. The highest BCUT2D eigenvalue weighted by atomic mass is 15.3. The molecule has 1 aliphatic heterocycles. The smallest absolute Gasteiger partial charge is 0.164 e. The number of para-hydroxylation sites is 3. The fraction of sp³-hybridized carbons (Fsp3) is 0.0250. The lowest BCUT2D eigenvalue weighted by Crippen LogP contribution is -2.23. The standard InChI is InChI=1S/C40H29N5/c1-4-13-29(14-5-1)37-42-38(30-15-6-2-7-16-30)44-39(43-37)33-18-12-17-32(27-33)28-23-25-31(26-24-28)40-41-35-21-10-11-22-36(35)45(40)34-19-8-3-9-20-34/h1-27,40-41H. The van der Waals surface area contributed by atoms with Crippen LogP contribution in [0, 0.1) is 0 Å². The van der Waals surface area contributed by atoms with Crippen LogP contribution in [0.5, 0.6) is 0 Å². The molecule has 1 unspecified atom stereocenters. The summed E-state index contributed by atoms with van der Waals surface area (Å²) in [5.74, 6) is 1.96. The molecule has 1 aromatic heterocycles. The molecule has 45 heavy (non-hydrogen) atoms. The maximum absolute atomic E-state index is 4.92. The molecule has 0 radical (unpaired) electrons. The van der Waals surface area contributed by atoms with Gasteiger partial charge in [-0.25, -0.2) is 15.0 Å². The van der Waals surface area contributed by atoms with Gasteiger partial charge in [-0.1, -0.05) is 133 Å². The van der Waals surface area contributed by atoms with Crippen molar-refractivity contribution in [3.05, 3.63) is 169 Å². The quantitative estimate of drug-likeness (QED) is 0.213. The molecule has 0 fully saturated rings. The maximum Gasteiger partial charge on any atom is 0.164 e. The second-order valence-corrected chi connectivity index (χ2v) is 11.0. The molecule has 0 spiro atoms. The zero-order valence-electron chi connectivity index (χ0n) is 24.5. The molecule has 1 aliphatic rings. The summed E-state index contributed by atoms with van der Waals surface area (Å²) >= 11 is 0. The largest absolute Gasteiger partial charge is 0.359 e. The van der Waals surface area contributed by atoms with Crippen LogP contribution in [-0.2, 0) is 0 Å². The van der Waals surface area contributed by atoms with Crippen molar-refractivity contribution in [3.8, 4) is 45.3 Å². The van der Waals surface area contributed by atoms with Gasteiger partial charge in [-0.3, -0.25) is 0 Å². The van der Waals surface area contributed by atoms with E-state index in [2.05, 4.69) is 113 Å². The molecule has 7 aromatic rings. The number of rotatable bonds is 6. The van der Waals surface area contributed by atoms with E-state index in [1.807, 2.05) is 60.7 Å². The monoisotopic (exact) mass is 579 g/mol. The first-order chi connectivity index (χ1) is 22.3. The van der Waals surface area contributed by atoms with Crippen molar-refractivity contribution >= 4 is 17.1 Å². The number of hydrogen-bond donors (Lipinski definition) is 1. The molecular weight excluding hydrogens is 550 g/mol. The van der Waals surface area contributed by atoms with E-state index in [1.165, 1.54) is 11.3 Å². The van der Waals surface area contributed by atoms with Gasteiger partial charge in [-0.2, -0.15) is 0 Å². The summed E-state index contributed by atoms with van der Waals surface area (Å²) in [6, 6.07) is 56.4. The Morgan fingerprint density at radius 1 is 0.422 bits per heavy atom. The number of nitrogens with one attached hydrogen (secondary N) is 1. The van der Waals surface area contributed by atoms with E-state index in [9.17, 15) is 0 Å². The molecule has 5 nitrogen and oxygen atoms in total. The van der Waals surface area contributed by atoms with Crippen LogP contribution < -0.4 is 10.2 Å². The molecule has 0 saturated heterocycles. The highest BCUT2D eigenvalue weighted by Gasteiger charge is 2.30. The Morgan fingerprint density at radius 3 is 1.58 bits per heavy atom. The van der Waals surface area contributed by atoms with Crippen molar-refractivity contribution < 1.29 is 0 Å². The van der Waals surface area contributed by atoms with Gasteiger partial charge in [-0.05, 0) is 47.0 Å². The minimum Gasteiger partial charge on any atom is -0.359 e. The Balaban J connectivity index is 1.14. The lowest BCUT2D eigenvalue weighted by atomic mass is 10.0. The number of nitrogens with zero attached hydrogens (tertiary/aromatic N) is 4. The molecule has 0 bridgehead atoms. The summed E-state index contributed by atoms with van der Waals surface area (Å²) in [5, 5.41) is 3.73. The molecule has 0 aliphatic carbocycles. The average molecular weight is 580 g/mol. The lowest BCUT2D eigenvalue weighted by Gasteiger charge is -2.27. The molecular formula is C40H29N5. The molecule has 1 N–H and O–H groups in total. The van der Waals surface area contributed by atoms with Gasteiger partial charge in [0.05, 0.1) is 11.4 Å². The topological polar surface area (TPSA) is 53.9 Å². The molecule has 6 aromatic carbocycles. The second-order valence-electron chi connectivity index (χ2n) is 11.0. The van der Waals surface area contributed by atoms with Gasteiger partial charge < -0.3 is 10.2 Å². The molecule has 2 heterocycles. The minimum atomic E-state index is -0.0109. The zero-order valence-corrected chi connectivity index (χ0v) is 24.5. The van der Waals surface area contributed by atoms with Crippen molar-refractivity contribution in [1.29, 1.82) is 0 Å². The Bertz CT molecular complexity index is 2020. The van der Waals surface area contributed by atoms with E-state index in [-0.39, 0.29) is 6.17 Å². The maximum atomic E-state index is 4.92. The van der Waals surface area contributed by atoms with E-state index < -0.39 is 0 Å². The van der Waals surface area contributed by atoms with Crippen LogP contribution in [0.1, 0.15) is 11.7 Å². The lowest BCUT2D eigenvalue weighted by molar-refractivity contribution is 0.828. The van der Waals surface area contributed by atoms with Gasteiger partial charge in [0.25, 0.3) is 0 Å². The third-order valence-electron chi connectivity index (χ3n) is 8.13. The number of aromatic nitrogens is 3. The van der Waals surface area contributed by atoms with Gasteiger partial charge in [-0.15, -0.1) is 0 Å². The van der Waals surface area contributed by atoms with Crippen LogP contribution in [-0.4, -0.2) is 15.0 Å². The third kappa shape index (κ3) is 5.21. The van der Waals surface area contributed by atoms with E-state index in [0.717, 1.165) is 39.2 Å². The van der Waals surface area contributed by atoms with E-state index >= 15 is 0 Å². The highest BCUT2D eigenvalue weighted by Crippen LogP contribution is 2.45. The summed E-state index contributed by atoms with van der Waals surface area (Å²) in [4.78, 5) is 17.0. The summed E-state index contributed by atoms with van der Waals surface area (Å²) in [7, 11) is 0. The first-order valence-corrected chi connectivity index (χ1v) is 15.1. The van der Waals surface area contributed by atoms with E-state index in [0.29, 0.717) is 17.5 Å². The first kappa shape index (κ1) is 26.5. The van der Waals surface area contributed by atoms with Crippen LogP contribution in [0.25, 0.3) is 45.3 Å². The molecule has 8 rings (SSSR count). The Morgan fingerprint density at radius 2 is 0.933 bits per heavy atom. The highest BCUT2D eigenvalue weighted by molar-refractivity contribution is 5.83. The summed E-state index contributed by atoms with van der Waals surface area (Å²) in [6.45, 7) is 0. The van der Waals surface area contributed by atoms with Gasteiger partial charge >= 0.3 is 0 Å². The van der Waals surface area contributed by atoms with Gasteiger partial charge in [0.15, 0.2) is 17.5 Å². The van der Waals surface area contributed by atoms with Gasteiger partial charge in [0, 0.05) is 22.4 Å². The number of benzene rings is 6. The fourth-order valence-corrected chi connectivity index (χ4v) is 5.90. The predicted octanol–water partition coefficient (Wildman–Crippen LogP) is 9.80. The Hall–Kier alpha value is -6.07. The third-order valence-corrected chi connectivity index (χ3v) is 8.13. The Labute approximate surface area is 262 Å². The number of fused-ring (bicyclic) bond motifs is 1. The van der Waals surface area contributed by atoms with Crippen molar-refractivity contribution in [2.45, 2.75) is 6.17 Å². The normalized spacial score (nSPS) is 13.7. The summed E-state index contributed by atoms with van der Waals surface area (Å²) < 4.78 is 0. The average Bonchev–Trinajstić information content (AvgIpc) is 3.52. The number of anilines is 3. The minimum absolute atomic E-state index is 0.0109. The van der Waals surface area contributed by atoms with Gasteiger partial charge in [0.1, 0.15) is 6.17 Å². The first-order valence-electron chi connectivity index (χ1n) is 15.1. The SMILES string of the molecule is c1ccc(-c2nc(-c3ccccc3)nc(-c3cccc(-c4ccc(C5Nc6ccccc6N5c5ccccc5)cc4)c3)n2)cc1. The van der Waals surface area contributed by atoms with Crippen LogP contribution in [0.15, 0.2) is 164 Å². The van der Waals surface area contributed by atoms with Crippen LogP contribution in [0.2, 0.25) is 0 Å². The van der Waals surface area contributed by atoms with Crippen LogP contribution >= 0.6 is 0 Å². The summed E-state index contributed by atoms with van der Waals surface area (Å²) in [5.41, 5.74) is 9.72. The summed E-state index contributed by atoms with van der Waals surface area (Å²) in [6.07, 6.45) is -0.0109. The molecule has 0 amide bonds. The van der Waals surface area contributed by atoms with E-state index in [4.69, 9.17) is 15.0 Å². The molecule has 1 atom stereocenters. The fourth-order valence-electron chi connectivity index (χ4n) is 5.90. The van der Waals surface area contributed by atoms with Crippen molar-refractivity contribution in [2.24, 2.45) is 0 Å². The van der Waals surface area contributed by atoms with Gasteiger partial charge in [0.2, 0.25) is 0 Å². The molecule has 214 valence electrons. The van der Waals surface area contributed by atoms with Crippen molar-refractivity contribution in [3.63, 3.8) is 0 Å². The van der Waals surface area contributed by atoms with Crippen LogP contribution in [0.4, 0.5) is 17.1 Å². The zero-order chi connectivity index (χ0) is 30.0. The predicted molar refractivity (Wildman–Crippen MR) is 183 cm³/mol. The van der Waals surface area contributed by atoms with Crippen LogP contribution in [0.3, 0.4) is 0 Å².